The van der Waals surface area contributed by atoms with Gasteiger partial charge in [-0.3, -0.25) is 4.90 Å². The summed E-state index contributed by atoms with van der Waals surface area (Å²) in [6.45, 7) is 14.2. The highest BCUT2D eigenvalue weighted by molar-refractivity contribution is 4.93. The summed E-state index contributed by atoms with van der Waals surface area (Å²) in [5, 5.41) is 0. The summed E-state index contributed by atoms with van der Waals surface area (Å²) in [6.07, 6.45) is 5.97. The normalized spacial score (nSPS) is 24.6. The second-order valence-corrected chi connectivity index (χ2v) is 7.25. The number of hydrogen-bond acceptors (Lipinski definition) is 3. The zero-order chi connectivity index (χ0) is 15.0. The van der Waals surface area contributed by atoms with Crippen LogP contribution in [0.2, 0.25) is 0 Å². The first-order valence-corrected chi connectivity index (χ1v) is 8.53. The van der Waals surface area contributed by atoms with Crippen molar-refractivity contribution in [3.05, 3.63) is 0 Å². The van der Waals surface area contributed by atoms with Crippen LogP contribution in [0.3, 0.4) is 0 Å². The van der Waals surface area contributed by atoms with Gasteiger partial charge in [0, 0.05) is 25.3 Å². The Morgan fingerprint density at radius 3 is 2.10 bits per heavy atom. The van der Waals surface area contributed by atoms with Gasteiger partial charge >= 0.3 is 0 Å². The minimum absolute atomic E-state index is 0.181. The molecule has 20 heavy (non-hydrogen) atoms. The Bertz CT molecular complexity index is 233. The monoisotopic (exact) mass is 284 g/mol. The van der Waals surface area contributed by atoms with Gasteiger partial charge in [-0.25, -0.2) is 0 Å². The molecule has 0 saturated carbocycles. The van der Waals surface area contributed by atoms with Crippen LogP contribution in [0.4, 0.5) is 0 Å². The smallest absolute Gasteiger partial charge is 0.0484 e. The van der Waals surface area contributed by atoms with E-state index in [9.17, 15) is 0 Å². The minimum Gasteiger partial charge on any atom is -0.381 e. The first-order chi connectivity index (χ1) is 9.50. The molecule has 3 heteroatoms. The van der Waals surface area contributed by atoms with Gasteiger partial charge in [0.15, 0.2) is 0 Å². The van der Waals surface area contributed by atoms with Crippen molar-refractivity contribution in [1.29, 1.82) is 0 Å². The number of hydrogen-bond donors (Lipinski definition) is 1. The largest absolute Gasteiger partial charge is 0.381 e. The lowest BCUT2D eigenvalue weighted by Crippen LogP contribution is -2.55. The minimum atomic E-state index is 0.181. The van der Waals surface area contributed by atoms with Gasteiger partial charge in [-0.2, -0.15) is 0 Å². The van der Waals surface area contributed by atoms with Gasteiger partial charge in [0.2, 0.25) is 0 Å². The van der Waals surface area contributed by atoms with Crippen LogP contribution in [0.15, 0.2) is 0 Å². The van der Waals surface area contributed by atoms with E-state index in [1.807, 2.05) is 0 Å². The predicted molar refractivity (Wildman–Crippen MR) is 86.9 cm³/mol. The third-order valence-electron chi connectivity index (χ3n) is 4.65. The van der Waals surface area contributed by atoms with Crippen molar-refractivity contribution in [1.82, 2.24) is 4.90 Å². The Kier molecular flexibility index (Phi) is 8.08. The Morgan fingerprint density at radius 1 is 1.00 bits per heavy atom. The first kappa shape index (κ1) is 17.9. The molecule has 0 spiro atoms. The van der Waals surface area contributed by atoms with Crippen molar-refractivity contribution < 1.29 is 4.74 Å². The van der Waals surface area contributed by atoms with Crippen LogP contribution in [0.25, 0.3) is 0 Å². The topological polar surface area (TPSA) is 38.5 Å². The molecule has 120 valence electrons. The van der Waals surface area contributed by atoms with Crippen LogP contribution in [-0.4, -0.2) is 43.3 Å². The second kappa shape index (κ2) is 9.01. The predicted octanol–water partition coefficient (Wildman–Crippen LogP) is 3.28. The Morgan fingerprint density at radius 2 is 1.60 bits per heavy atom. The molecule has 1 aliphatic rings. The highest BCUT2D eigenvalue weighted by Gasteiger charge is 2.35. The lowest BCUT2D eigenvalue weighted by molar-refractivity contribution is 0.0588. The van der Waals surface area contributed by atoms with Crippen molar-refractivity contribution in [2.24, 2.45) is 17.6 Å². The molecule has 0 aromatic carbocycles. The van der Waals surface area contributed by atoms with Gasteiger partial charge in [0.05, 0.1) is 0 Å². The summed E-state index contributed by atoms with van der Waals surface area (Å²) in [7, 11) is 0. The first-order valence-electron chi connectivity index (χ1n) is 8.53. The molecular weight excluding hydrogens is 248 g/mol. The maximum atomic E-state index is 6.22. The molecule has 0 aromatic heterocycles. The van der Waals surface area contributed by atoms with Crippen LogP contribution in [-0.2, 0) is 4.74 Å². The molecule has 0 bridgehead atoms. The molecule has 3 nitrogen and oxygen atoms in total. The van der Waals surface area contributed by atoms with E-state index in [-0.39, 0.29) is 5.54 Å². The van der Waals surface area contributed by atoms with Crippen molar-refractivity contribution in [3.8, 4) is 0 Å². The van der Waals surface area contributed by atoms with Crippen molar-refractivity contribution in [2.45, 2.75) is 65.3 Å². The Labute approximate surface area is 126 Å². The molecule has 1 fully saturated rings. The Balaban J connectivity index is 2.73. The van der Waals surface area contributed by atoms with E-state index in [2.05, 4.69) is 32.6 Å². The average molecular weight is 284 g/mol. The molecule has 1 saturated heterocycles. The third kappa shape index (κ3) is 5.71. The SMILES string of the molecule is CC(C)CCN(CCC(C)C)C1(CN)CCCOCC1. The van der Waals surface area contributed by atoms with Gasteiger partial charge in [0.1, 0.15) is 0 Å². The van der Waals surface area contributed by atoms with E-state index in [4.69, 9.17) is 10.5 Å². The summed E-state index contributed by atoms with van der Waals surface area (Å²) >= 11 is 0. The fourth-order valence-corrected chi connectivity index (χ4v) is 3.06. The van der Waals surface area contributed by atoms with Crippen molar-refractivity contribution in [3.63, 3.8) is 0 Å². The number of rotatable bonds is 8. The van der Waals surface area contributed by atoms with Crippen LogP contribution >= 0.6 is 0 Å². The Hall–Kier alpha value is -0.120. The fraction of sp³-hybridized carbons (Fsp3) is 1.00. The highest BCUT2D eigenvalue weighted by Crippen LogP contribution is 2.29. The summed E-state index contributed by atoms with van der Waals surface area (Å²) in [5.74, 6) is 1.52. The summed E-state index contributed by atoms with van der Waals surface area (Å²) in [6, 6.07) is 0. The molecule has 1 aliphatic heterocycles. The van der Waals surface area contributed by atoms with Crippen LogP contribution < -0.4 is 5.73 Å². The van der Waals surface area contributed by atoms with E-state index in [1.54, 1.807) is 0 Å². The van der Waals surface area contributed by atoms with Crippen LogP contribution in [0.1, 0.15) is 59.8 Å². The summed E-state index contributed by atoms with van der Waals surface area (Å²) in [4.78, 5) is 2.70. The molecule has 1 unspecified atom stereocenters. The molecule has 1 rings (SSSR count). The fourth-order valence-electron chi connectivity index (χ4n) is 3.06. The lowest BCUT2D eigenvalue weighted by Gasteiger charge is -2.43. The molecule has 2 N–H and O–H groups in total. The van der Waals surface area contributed by atoms with Gasteiger partial charge in [-0.05, 0) is 57.0 Å². The number of ether oxygens (including phenoxy) is 1. The highest BCUT2D eigenvalue weighted by atomic mass is 16.5. The molecule has 1 heterocycles. The van der Waals surface area contributed by atoms with Crippen LogP contribution in [0.5, 0.6) is 0 Å². The quantitative estimate of drug-likeness (QED) is 0.743. The standard InChI is InChI=1S/C17H36N2O/c1-15(2)6-10-19(11-7-16(3)4)17(14-18)8-5-12-20-13-9-17/h15-16H,5-14,18H2,1-4H3. The van der Waals surface area contributed by atoms with E-state index in [1.165, 1.54) is 32.4 Å². The van der Waals surface area contributed by atoms with Gasteiger partial charge in [0.25, 0.3) is 0 Å². The lowest BCUT2D eigenvalue weighted by atomic mass is 9.87. The van der Waals surface area contributed by atoms with E-state index >= 15 is 0 Å². The van der Waals surface area contributed by atoms with E-state index in [0.717, 1.165) is 44.4 Å². The zero-order valence-corrected chi connectivity index (χ0v) is 14.2. The average Bonchev–Trinajstić information content (AvgIpc) is 2.64. The van der Waals surface area contributed by atoms with E-state index in [0.29, 0.717) is 0 Å². The molecule has 0 aromatic rings. The molecule has 1 atom stereocenters. The van der Waals surface area contributed by atoms with Crippen LogP contribution in [0, 0.1) is 11.8 Å². The number of nitrogens with zero attached hydrogens (tertiary/aromatic N) is 1. The molecular formula is C17H36N2O. The number of nitrogens with two attached hydrogens (primary N) is 1. The zero-order valence-electron chi connectivity index (χ0n) is 14.2. The van der Waals surface area contributed by atoms with Gasteiger partial charge < -0.3 is 10.5 Å². The second-order valence-electron chi connectivity index (χ2n) is 7.25. The van der Waals surface area contributed by atoms with Crippen molar-refractivity contribution in [2.75, 3.05) is 32.8 Å². The maximum Gasteiger partial charge on any atom is 0.0484 e. The maximum absolute atomic E-state index is 6.22. The van der Waals surface area contributed by atoms with Crippen molar-refractivity contribution >= 4 is 0 Å². The molecule has 0 aliphatic carbocycles. The summed E-state index contributed by atoms with van der Waals surface area (Å²) in [5.41, 5.74) is 6.40. The van der Waals surface area contributed by atoms with Gasteiger partial charge in [-0.1, -0.05) is 27.7 Å². The van der Waals surface area contributed by atoms with Gasteiger partial charge in [-0.15, -0.1) is 0 Å². The third-order valence-corrected chi connectivity index (χ3v) is 4.65. The molecule has 0 radical (unpaired) electrons. The van der Waals surface area contributed by atoms with E-state index < -0.39 is 0 Å². The summed E-state index contributed by atoms with van der Waals surface area (Å²) < 4.78 is 5.67. The molecule has 0 amide bonds.